The van der Waals surface area contributed by atoms with Crippen LogP contribution in [0, 0.1) is 13.8 Å². The number of rotatable bonds is 5. The normalized spacial score (nSPS) is 11.3. The van der Waals surface area contributed by atoms with E-state index >= 15 is 0 Å². The number of alkyl halides is 1. The van der Waals surface area contributed by atoms with Crippen LogP contribution < -0.4 is 4.90 Å². The molecule has 4 nitrogen and oxygen atoms in total. The van der Waals surface area contributed by atoms with Crippen molar-refractivity contribution in [2.75, 3.05) is 17.0 Å². The van der Waals surface area contributed by atoms with Crippen molar-refractivity contribution in [3.05, 3.63) is 59.2 Å². The van der Waals surface area contributed by atoms with E-state index in [0.29, 0.717) is 12.2 Å². The minimum Gasteiger partial charge on any atom is -0.307 e. The maximum Gasteiger partial charge on any atom is 0.242 e. The number of carbonyl (C=O) groups excluding carboxylic acids is 1. The molecule has 0 saturated heterocycles. The van der Waals surface area contributed by atoms with Gasteiger partial charge < -0.3 is 4.90 Å². The fraction of sp³-hybridized carbons (Fsp3) is 0.278. The Morgan fingerprint density at radius 1 is 1.04 bits per heavy atom. The molecule has 2 aromatic rings. The van der Waals surface area contributed by atoms with E-state index in [1.807, 2.05) is 31.2 Å². The Balaban J connectivity index is 2.46. The molecular weight excluding hydrogens is 346 g/mol. The molecule has 24 heavy (non-hydrogen) atoms. The van der Waals surface area contributed by atoms with Crippen molar-refractivity contribution in [1.82, 2.24) is 0 Å². The first-order chi connectivity index (χ1) is 11.2. The lowest BCUT2D eigenvalue weighted by Crippen LogP contribution is -2.31. The Kier molecular flexibility index (Phi) is 5.67. The van der Waals surface area contributed by atoms with E-state index in [4.69, 9.17) is 11.6 Å². The van der Waals surface area contributed by atoms with Gasteiger partial charge in [-0.15, -0.1) is 11.6 Å². The van der Waals surface area contributed by atoms with E-state index in [0.717, 1.165) is 22.9 Å². The van der Waals surface area contributed by atoms with E-state index in [9.17, 15) is 13.2 Å². The van der Waals surface area contributed by atoms with E-state index in [2.05, 4.69) is 0 Å². The minimum absolute atomic E-state index is 0.173. The number of sulfone groups is 1. The number of hydrogen-bond acceptors (Lipinski definition) is 3. The number of benzene rings is 2. The Morgan fingerprint density at radius 2 is 1.67 bits per heavy atom. The van der Waals surface area contributed by atoms with E-state index in [1.54, 1.807) is 19.1 Å². The Hall–Kier alpha value is -1.85. The summed E-state index contributed by atoms with van der Waals surface area (Å²) < 4.78 is 23.7. The van der Waals surface area contributed by atoms with Crippen molar-refractivity contribution < 1.29 is 13.2 Å². The molecule has 0 saturated carbocycles. The standard InChI is InChI=1S/C18H20ClNO3S/c1-13-4-6-15(7-5-13)12-20(18(21)11-19)16-8-14(2)9-17(10-16)24(3,22)23/h4-10H,11-12H2,1-3H3. The first-order valence-corrected chi connectivity index (χ1v) is 9.87. The summed E-state index contributed by atoms with van der Waals surface area (Å²) in [7, 11) is -3.36. The molecule has 0 aromatic heterocycles. The molecule has 1 amide bonds. The molecule has 0 fully saturated rings. The van der Waals surface area contributed by atoms with Crippen molar-refractivity contribution >= 4 is 33.0 Å². The fourth-order valence-electron chi connectivity index (χ4n) is 2.37. The minimum atomic E-state index is -3.36. The number of carbonyl (C=O) groups is 1. The number of aryl methyl sites for hydroxylation is 2. The van der Waals surface area contributed by atoms with Gasteiger partial charge in [0.25, 0.3) is 0 Å². The summed E-state index contributed by atoms with van der Waals surface area (Å²) in [4.78, 5) is 14.0. The van der Waals surface area contributed by atoms with Crippen LogP contribution in [-0.2, 0) is 21.2 Å². The highest BCUT2D eigenvalue weighted by molar-refractivity contribution is 7.90. The summed E-state index contributed by atoms with van der Waals surface area (Å²) in [5.41, 5.74) is 3.37. The highest BCUT2D eigenvalue weighted by atomic mass is 35.5. The van der Waals surface area contributed by atoms with Gasteiger partial charge in [0.15, 0.2) is 9.84 Å². The molecule has 2 aromatic carbocycles. The summed E-state index contributed by atoms with van der Waals surface area (Å²) in [6.45, 7) is 4.12. The van der Waals surface area contributed by atoms with Crippen molar-refractivity contribution in [2.24, 2.45) is 0 Å². The summed E-state index contributed by atoms with van der Waals surface area (Å²) in [6, 6.07) is 12.7. The lowest BCUT2D eigenvalue weighted by atomic mass is 10.1. The Labute approximate surface area is 148 Å². The second-order valence-corrected chi connectivity index (χ2v) is 8.16. The monoisotopic (exact) mass is 365 g/mol. The highest BCUT2D eigenvalue weighted by Gasteiger charge is 2.18. The highest BCUT2D eigenvalue weighted by Crippen LogP contribution is 2.24. The molecular formula is C18H20ClNO3S. The molecule has 0 heterocycles. The largest absolute Gasteiger partial charge is 0.307 e. The maximum absolute atomic E-state index is 12.3. The topological polar surface area (TPSA) is 54.5 Å². The van der Waals surface area contributed by atoms with Crippen molar-refractivity contribution in [2.45, 2.75) is 25.3 Å². The van der Waals surface area contributed by atoms with Crippen LogP contribution in [0.5, 0.6) is 0 Å². The Morgan fingerprint density at radius 3 is 2.21 bits per heavy atom. The van der Waals surface area contributed by atoms with Gasteiger partial charge in [-0.25, -0.2) is 8.42 Å². The van der Waals surface area contributed by atoms with Gasteiger partial charge in [0, 0.05) is 11.9 Å². The predicted octanol–water partition coefficient (Wildman–Crippen LogP) is 3.48. The second kappa shape index (κ2) is 7.36. The van der Waals surface area contributed by atoms with Crippen LogP contribution in [-0.4, -0.2) is 26.5 Å². The van der Waals surface area contributed by atoms with E-state index < -0.39 is 9.84 Å². The lowest BCUT2D eigenvalue weighted by Gasteiger charge is -2.23. The molecule has 128 valence electrons. The maximum atomic E-state index is 12.3. The van der Waals surface area contributed by atoms with Crippen LogP contribution in [0.25, 0.3) is 0 Å². The first-order valence-electron chi connectivity index (χ1n) is 7.44. The van der Waals surface area contributed by atoms with Crippen molar-refractivity contribution in [3.8, 4) is 0 Å². The molecule has 0 aliphatic carbocycles. The number of anilines is 1. The van der Waals surface area contributed by atoms with Crippen LogP contribution in [0.2, 0.25) is 0 Å². The molecule has 0 atom stereocenters. The molecule has 0 unspecified atom stereocenters. The third-order valence-corrected chi connectivity index (χ3v) is 4.97. The van der Waals surface area contributed by atoms with Gasteiger partial charge >= 0.3 is 0 Å². The van der Waals surface area contributed by atoms with Crippen LogP contribution in [0.15, 0.2) is 47.4 Å². The van der Waals surface area contributed by atoms with Crippen LogP contribution in [0.4, 0.5) is 5.69 Å². The van der Waals surface area contributed by atoms with E-state index in [1.165, 1.54) is 11.0 Å². The van der Waals surface area contributed by atoms with Gasteiger partial charge in [0.2, 0.25) is 5.91 Å². The lowest BCUT2D eigenvalue weighted by molar-refractivity contribution is -0.116. The molecule has 6 heteroatoms. The smallest absolute Gasteiger partial charge is 0.242 e. The first kappa shape index (κ1) is 18.5. The summed E-state index contributed by atoms with van der Waals surface area (Å²) in [5, 5.41) is 0. The third kappa shape index (κ3) is 4.58. The van der Waals surface area contributed by atoms with Gasteiger partial charge in [-0.05, 0) is 43.2 Å². The molecule has 0 N–H and O–H groups in total. The van der Waals surface area contributed by atoms with Gasteiger partial charge in [-0.2, -0.15) is 0 Å². The summed E-state index contributed by atoms with van der Waals surface area (Å²) >= 11 is 5.75. The number of halogens is 1. The molecule has 0 aliphatic rings. The quantitative estimate of drug-likeness (QED) is 0.762. The average molecular weight is 366 g/mol. The number of hydrogen-bond donors (Lipinski definition) is 0. The van der Waals surface area contributed by atoms with E-state index in [-0.39, 0.29) is 16.7 Å². The van der Waals surface area contributed by atoms with Crippen molar-refractivity contribution in [1.29, 1.82) is 0 Å². The number of amides is 1. The van der Waals surface area contributed by atoms with Crippen LogP contribution in [0.3, 0.4) is 0 Å². The number of nitrogens with zero attached hydrogens (tertiary/aromatic N) is 1. The van der Waals surface area contributed by atoms with Crippen molar-refractivity contribution in [3.63, 3.8) is 0 Å². The predicted molar refractivity (Wildman–Crippen MR) is 97.4 cm³/mol. The zero-order valence-electron chi connectivity index (χ0n) is 13.9. The van der Waals surface area contributed by atoms with Gasteiger partial charge in [0.1, 0.15) is 5.88 Å². The SMILES string of the molecule is Cc1ccc(CN(C(=O)CCl)c2cc(C)cc(S(C)(=O)=O)c2)cc1. The summed E-state index contributed by atoms with van der Waals surface area (Å²) in [5.74, 6) is -0.448. The van der Waals surface area contributed by atoms with Gasteiger partial charge in [-0.1, -0.05) is 29.8 Å². The Bertz CT molecular complexity index is 845. The molecule has 0 bridgehead atoms. The molecule has 0 radical (unpaired) electrons. The van der Waals surface area contributed by atoms with Crippen LogP contribution in [0.1, 0.15) is 16.7 Å². The molecule has 2 rings (SSSR count). The molecule has 0 spiro atoms. The van der Waals surface area contributed by atoms with Gasteiger partial charge in [-0.3, -0.25) is 4.79 Å². The van der Waals surface area contributed by atoms with Crippen LogP contribution >= 0.6 is 11.6 Å². The molecule has 0 aliphatic heterocycles. The fourth-order valence-corrected chi connectivity index (χ4v) is 3.25. The zero-order chi connectivity index (χ0) is 17.9. The van der Waals surface area contributed by atoms with Gasteiger partial charge in [0.05, 0.1) is 11.4 Å². The third-order valence-electron chi connectivity index (χ3n) is 3.65. The average Bonchev–Trinajstić information content (AvgIpc) is 2.52. The zero-order valence-corrected chi connectivity index (χ0v) is 15.5. The summed E-state index contributed by atoms with van der Waals surface area (Å²) in [6.07, 6.45) is 1.15. The second-order valence-electron chi connectivity index (χ2n) is 5.88.